The highest BCUT2D eigenvalue weighted by atomic mass is 79.9. The Hall–Kier alpha value is -0.820. The highest BCUT2D eigenvalue weighted by Crippen LogP contribution is 2.31. The molecule has 2 rings (SSSR count). The molecule has 19 heavy (non-hydrogen) atoms. The molecule has 1 aliphatic heterocycles. The van der Waals surface area contributed by atoms with Gasteiger partial charge < -0.3 is 9.64 Å². The number of nitrogens with zero attached hydrogens (tertiary/aromatic N) is 2. The molecule has 0 aromatic carbocycles. The maximum Gasteiger partial charge on any atom is 0.416 e. The first-order valence-electron chi connectivity index (χ1n) is 5.89. The number of morpholine rings is 1. The number of hydrogen-bond donors (Lipinski definition) is 0. The van der Waals surface area contributed by atoms with Crippen molar-refractivity contribution in [3.63, 3.8) is 0 Å². The van der Waals surface area contributed by atoms with Crippen LogP contribution in [-0.2, 0) is 10.9 Å². The summed E-state index contributed by atoms with van der Waals surface area (Å²) < 4.78 is 43.6. The molecule has 2 atom stereocenters. The number of rotatable bonds is 2. The van der Waals surface area contributed by atoms with Gasteiger partial charge in [0.2, 0.25) is 0 Å². The van der Waals surface area contributed by atoms with Crippen molar-refractivity contribution in [1.29, 1.82) is 0 Å². The van der Waals surface area contributed by atoms with Crippen LogP contribution in [0.2, 0.25) is 0 Å². The van der Waals surface area contributed by atoms with Crippen molar-refractivity contribution in [2.24, 2.45) is 0 Å². The number of pyridine rings is 1. The second-order valence-electron chi connectivity index (χ2n) is 4.51. The molecule has 1 saturated heterocycles. The summed E-state index contributed by atoms with van der Waals surface area (Å²) in [7, 11) is 0. The zero-order valence-corrected chi connectivity index (χ0v) is 11.9. The second kappa shape index (κ2) is 5.66. The quantitative estimate of drug-likeness (QED) is 0.775. The van der Waals surface area contributed by atoms with E-state index in [9.17, 15) is 13.2 Å². The highest BCUT2D eigenvalue weighted by Gasteiger charge is 2.32. The summed E-state index contributed by atoms with van der Waals surface area (Å²) in [5, 5.41) is 0.648. The van der Waals surface area contributed by atoms with Crippen LogP contribution in [-0.4, -0.2) is 35.6 Å². The average Bonchev–Trinajstić information content (AvgIpc) is 2.38. The largest absolute Gasteiger partial charge is 0.416 e. The second-order valence-corrected chi connectivity index (χ2v) is 5.16. The van der Waals surface area contributed by atoms with Crippen molar-refractivity contribution in [3.8, 4) is 0 Å². The fourth-order valence-electron chi connectivity index (χ4n) is 1.98. The van der Waals surface area contributed by atoms with E-state index >= 15 is 0 Å². The summed E-state index contributed by atoms with van der Waals surface area (Å²) >= 11 is 3.33. The monoisotopic (exact) mass is 338 g/mol. The van der Waals surface area contributed by atoms with Gasteiger partial charge in [-0.3, -0.25) is 0 Å². The molecular weight excluding hydrogens is 325 g/mol. The van der Waals surface area contributed by atoms with Gasteiger partial charge in [-0.05, 0) is 19.1 Å². The minimum absolute atomic E-state index is 0.00582. The minimum Gasteiger partial charge on any atom is -0.373 e. The van der Waals surface area contributed by atoms with Crippen LogP contribution in [0.25, 0.3) is 0 Å². The van der Waals surface area contributed by atoms with Crippen LogP contribution in [0.3, 0.4) is 0 Å². The molecule has 7 heteroatoms. The van der Waals surface area contributed by atoms with Gasteiger partial charge in [0.05, 0.1) is 24.3 Å². The molecule has 0 amide bonds. The lowest BCUT2D eigenvalue weighted by Crippen LogP contribution is -2.49. The van der Waals surface area contributed by atoms with Gasteiger partial charge in [-0.1, -0.05) is 15.9 Å². The van der Waals surface area contributed by atoms with Crippen LogP contribution in [0.1, 0.15) is 12.5 Å². The van der Waals surface area contributed by atoms with Crippen molar-refractivity contribution in [3.05, 3.63) is 23.9 Å². The molecule has 2 heterocycles. The minimum atomic E-state index is -4.35. The van der Waals surface area contributed by atoms with E-state index in [1.807, 2.05) is 11.8 Å². The third-order valence-electron chi connectivity index (χ3n) is 3.04. The normalized spacial score (nSPS) is 24.6. The third kappa shape index (κ3) is 3.39. The molecule has 2 unspecified atom stereocenters. The number of ether oxygens (including phenoxy) is 1. The maximum absolute atomic E-state index is 12.7. The average molecular weight is 339 g/mol. The Labute approximate surface area is 117 Å². The first-order valence-corrected chi connectivity index (χ1v) is 7.01. The zero-order chi connectivity index (χ0) is 14.0. The Morgan fingerprint density at radius 1 is 1.53 bits per heavy atom. The molecular formula is C12H14BrF3N2O. The van der Waals surface area contributed by atoms with Gasteiger partial charge in [0.1, 0.15) is 5.82 Å². The Morgan fingerprint density at radius 3 is 2.89 bits per heavy atom. The van der Waals surface area contributed by atoms with Crippen LogP contribution in [0.4, 0.5) is 19.0 Å². The summed E-state index contributed by atoms with van der Waals surface area (Å²) in [6, 6.07) is 2.08. The first kappa shape index (κ1) is 14.6. The maximum atomic E-state index is 12.7. The van der Waals surface area contributed by atoms with E-state index in [4.69, 9.17) is 4.74 Å². The molecule has 0 spiro atoms. The van der Waals surface area contributed by atoms with E-state index in [2.05, 4.69) is 20.9 Å². The summed E-state index contributed by atoms with van der Waals surface area (Å²) in [4.78, 5) is 5.90. The topological polar surface area (TPSA) is 25.4 Å². The van der Waals surface area contributed by atoms with Gasteiger partial charge in [0.25, 0.3) is 0 Å². The molecule has 1 fully saturated rings. The lowest BCUT2D eigenvalue weighted by atomic mass is 10.2. The van der Waals surface area contributed by atoms with Crippen molar-refractivity contribution < 1.29 is 17.9 Å². The Kier molecular flexibility index (Phi) is 4.35. The van der Waals surface area contributed by atoms with Crippen LogP contribution in [0, 0.1) is 0 Å². The number of alkyl halides is 4. The van der Waals surface area contributed by atoms with Crippen molar-refractivity contribution in [1.82, 2.24) is 4.98 Å². The number of halogens is 4. The highest BCUT2D eigenvalue weighted by molar-refractivity contribution is 9.09. The van der Waals surface area contributed by atoms with Gasteiger partial charge in [-0.2, -0.15) is 13.2 Å². The first-order chi connectivity index (χ1) is 8.91. The molecule has 0 saturated carbocycles. The van der Waals surface area contributed by atoms with E-state index in [0.29, 0.717) is 24.3 Å². The molecule has 0 radical (unpaired) electrons. The third-order valence-corrected chi connectivity index (χ3v) is 3.77. The van der Waals surface area contributed by atoms with Crippen LogP contribution < -0.4 is 4.90 Å². The van der Waals surface area contributed by atoms with Gasteiger partial charge in [0, 0.05) is 18.1 Å². The molecule has 106 valence electrons. The van der Waals surface area contributed by atoms with Crippen LogP contribution >= 0.6 is 15.9 Å². The SMILES string of the molecule is CC1COC(CBr)CN1c1cc(C(F)(F)F)ccn1. The Bertz CT molecular complexity index is 441. The molecule has 0 bridgehead atoms. The number of hydrogen-bond acceptors (Lipinski definition) is 3. The predicted octanol–water partition coefficient (Wildman–Crippen LogP) is 3.09. The Balaban J connectivity index is 2.25. The van der Waals surface area contributed by atoms with Crippen molar-refractivity contribution >= 4 is 21.7 Å². The van der Waals surface area contributed by atoms with Gasteiger partial charge in [-0.25, -0.2) is 4.98 Å². The number of aromatic nitrogens is 1. The molecule has 1 aromatic rings. The van der Waals surface area contributed by atoms with E-state index < -0.39 is 11.7 Å². The zero-order valence-electron chi connectivity index (χ0n) is 10.3. The predicted molar refractivity (Wildman–Crippen MR) is 69.6 cm³/mol. The van der Waals surface area contributed by atoms with Crippen molar-refractivity contribution in [2.45, 2.75) is 25.2 Å². The lowest BCUT2D eigenvalue weighted by molar-refractivity contribution is -0.137. The summed E-state index contributed by atoms with van der Waals surface area (Å²) in [6.07, 6.45) is -3.18. The van der Waals surface area contributed by atoms with Gasteiger partial charge >= 0.3 is 6.18 Å². The summed E-state index contributed by atoms with van der Waals surface area (Å²) in [6.45, 7) is 2.92. The molecule has 0 N–H and O–H groups in total. The molecule has 3 nitrogen and oxygen atoms in total. The summed E-state index contributed by atoms with van der Waals surface area (Å²) in [5.74, 6) is 0.344. The van der Waals surface area contributed by atoms with E-state index in [0.717, 1.165) is 12.1 Å². The molecule has 0 aliphatic carbocycles. The smallest absolute Gasteiger partial charge is 0.373 e. The van der Waals surface area contributed by atoms with E-state index in [-0.39, 0.29) is 12.1 Å². The van der Waals surface area contributed by atoms with Gasteiger partial charge in [0.15, 0.2) is 0 Å². The number of anilines is 1. The fraction of sp³-hybridized carbons (Fsp3) is 0.583. The van der Waals surface area contributed by atoms with E-state index in [1.165, 1.54) is 6.20 Å². The Morgan fingerprint density at radius 2 is 2.26 bits per heavy atom. The summed E-state index contributed by atoms with van der Waals surface area (Å²) in [5.41, 5.74) is -0.674. The van der Waals surface area contributed by atoms with Crippen LogP contribution in [0.15, 0.2) is 18.3 Å². The van der Waals surface area contributed by atoms with Crippen molar-refractivity contribution in [2.75, 3.05) is 23.4 Å². The van der Waals surface area contributed by atoms with E-state index in [1.54, 1.807) is 0 Å². The standard InChI is InChI=1S/C12H14BrF3N2O/c1-8-7-19-10(5-13)6-18(8)11-4-9(2-3-17-11)12(14,15)16/h2-4,8,10H,5-7H2,1H3. The molecule has 1 aromatic heterocycles. The van der Waals surface area contributed by atoms with Gasteiger partial charge in [-0.15, -0.1) is 0 Å². The fourth-order valence-corrected chi connectivity index (χ4v) is 2.37. The lowest BCUT2D eigenvalue weighted by Gasteiger charge is -2.38. The molecule has 1 aliphatic rings. The van der Waals surface area contributed by atoms with Crippen LogP contribution in [0.5, 0.6) is 0 Å².